The third-order valence-corrected chi connectivity index (χ3v) is 5.66. The van der Waals surface area contributed by atoms with Gasteiger partial charge in [-0.1, -0.05) is 54.3 Å². The van der Waals surface area contributed by atoms with E-state index in [-0.39, 0.29) is 18.0 Å². The average Bonchev–Trinajstić information content (AvgIpc) is 2.71. The lowest BCUT2D eigenvalue weighted by atomic mass is 10.1. The highest BCUT2D eigenvalue weighted by molar-refractivity contribution is 7.89. The smallest absolute Gasteiger partial charge is 0.243 e. The van der Waals surface area contributed by atoms with Gasteiger partial charge < -0.3 is 4.74 Å². The van der Waals surface area contributed by atoms with E-state index in [1.807, 2.05) is 55.5 Å². The van der Waals surface area contributed by atoms with Gasteiger partial charge >= 0.3 is 0 Å². The number of rotatable bonds is 7. The summed E-state index contributed by atoms with van der Waals surface area (Å²) in [4.78, 5) is 4.52. The van der Waals surface area contributed by atoms with Crippen molar-refractivity contribution in [1.82, 2.24) is 9.71 Å². The van der Waals surface area contributed by atoms with Crippen molar-refractivity contribution in [2.75, 3.05) is 13.2 Å². The second-order valence-corrected chi connectivity index (χ2v) is 8.08. The number of hydrogen-bond acceptors (Lipinski definition) is 4. The summed E-state index contributed by atoms with van der Waals surface area (Å²) in [6.07, 6.45) is 2.52. The Morgan fingerprint density at radius 3 is 2.76 bits per heavy atom. The summed E-state index contributed by atoms with van der Waals surface area (Å²) in [5.41, 5.74) is 2.24. The predicted octanol–water partition coefficient (Wildman–Crippen LogP) is 3.63. The van der Waals surface area contributed by atoms with E-state index >= 15 is 0 Å². The summed E-state index contributed by atoms with van der Waals surface area (Å²) in [5, 5.41) is 0.774. The summed E-state index contributed by atoms with van der Waals surface area (Å²) in [6, 6.07) is 16.5. The van der Waals surface area contributed by atoms with Crippen LogP contribution in [0.1, 0.15) is 11.3 Å². The van der Waals surface area contributed by atoms with Crippen LogP contribution >= 0.6 is 0 Å². The molecular formula is C23H22N2O3S. The molecule has 0 amide bonds. The van der Waals surface area contributed by atoms with E-state index in [4.69, 9.17) is 4.74 Å². The first-order chi connectivity index (χ1) is 14.0. The molecule has 0 aliphatic heterocycles. The van der Waals surface area contributed by atoms with Crippen LogP contribution in [0.4, 0.5) is 0 Å². The lowest BCUT2D eigenvalue weighted by Gasteiger charge is -2.08. The number of aryl methyl sites for hydroxylation is 1. The van der Waals surface area contributed by atoms with Gasteiger partial charge in [-0.05, 0) is 37.1 Å². The molecule has 29 heavy (non-hydrogen) atoms. The lowest BCUT2D eigenvalue weighted by molar-refractivity contribution is 0.366. The molecule has 148 valence electrons. The normalized spacial score (nSPS) is 10.9. The molecule has 2 aromatic carbocycles. The fourth-order valence-electron chi connectivity index (χ4n) is 2.84. The maximum absolute atomic E-state index is 12.7. The number of allylic oxidation sites excluding steroid dienone is 1. The molecule has 1 N–H and O–H groups in total. The van der Waals surface area contributed by atoms with Gasteiger partial charge in [0.05, 0.1) is 12.1 Å². The molecule has 0 saturated heterocycles. The van der Waals surface area contributed by atoms with Crippen LogP contribution in [0.25, 0.3) is 10.9 Å². The Bertz CT molecular complexity index is 1190. The number of fused-ring (bicyclic) bond motifs is 1. The average molecular weight is 407 g/mol. The van der Waals surface area contributed by atoms with Gasteiger partial charge in [0.2, 0.25) is 10.0 Å². The van der Waals surface area contributed by atoms with Crippen LogP contribution in [0.2, 0.25) is 0 Å². The number of nitrogens with one attached hydrogen (secondary N) is 1. The molecule has 5 nitrogen and oxygen atoms in total. The Morgan fingerprint density at radius 2 is 1.93 bits per heavy atom. The Morgan fingerprint density at radius 1 is 1.10 bits per heavy atom. The van der Waals surface area contributed by atoms with Gasteiger partial charge in [0.15, 0.2) is 0 Å². The van der Waals surface area contributed by atoms with Crippen molar-refractivity contribution in [3.05, 3.63) is 78.5 Å². The first-order valence-corrected chi connectivity index (χ1v) is 10.6. The summed E-state index contributed by atoms with van der Waals surface area (Å²) < 4.78 is 33.5. The lowest BCUT2D eigenvalue weighted by Crippen LogP contribution is -2.24. The molecule has 3 aromatic rings. The summed E-state index contributed by atoms with van der Waals surface area (Å²) in [6.45, 7) is 5.72. The minimum Gasteiger partial charge on any atom is -0.481 e. The van der Waals surface area contributed by atoms with Gasteiger partial charge in [-0.25, -0.2) is 8.42 Å². The summed E-state index contributed by atoms with van der Waals surface area (Å²) in [5.74, 6) is 6.37. The zero-order chi connectivity index (χ0) is 20.7. The SMILES string of the molecule is C=CCc1ccccc1OCC#CCNS(=O)(=O)c1cccc2ccc(C)nc12. The molecule has 1 heterocycles. The predicted molar refractivity (Wildman–Crippen MR) is 115 cm³/mol. The van der Waals surface area contributed by atoms with Crippen LogP contribution in [0.3, 0.4) is 0 Å². The van der Waals surface area contributed by atoms with Crippen molar-refractivity contribution in [2.45, 2.75) is 18.2 Å². The number of benzene rings is 2. The van der Waals surface area contributed by atoms with E-state index < -0.39 is 10.0 Å². The number of aromatic nitrogens is 1. The van der Waals surface area contributed by atoms with Crippen molar-refractivity contribution in [3.8, 4) is 17.6 Å². The third-order valence-electron chi connectivity index (χ3n) is 4.22. The molecule has 6 heteroatoms. The Kier molecular flexibility index (Phi) is 6.65. The van der Waals surface area contributed by atoms with Crippen molar-refractivity contribution < 1.29 is 13.2 Å². The van der Waals surface area contributed by atoms with Crippen molar-refractivity contribution in [2.24, 2.45) is 0 Å². The van der Waals surface area contributed by atoms with Crippen molar-refractivity contribution >= 4 is 20.9 Å². The maximum Gasteiger partial charge on any atom is 0.243 e. The maximum atomic E-state index is 12.7. The van der Waals surface area contributed by atoms with Gasteiger partial charge in [0, 0.05) is 11.1 Å². The number of pyridine rings is 1. The van der Waals surface area contributed by atoms with Crippen LogP contribution in [0.5, 0.6) is 5.75 Å². The Hall–Kier alpha value is -3.14. The number of sulfonamides is 1. The van der Waals surface area contributed by atoms with Gasteiger partial charge in [0.1, 0.15) is 17.3 Å². The van der Waals surface area contributed by atoms with E-state index in [1.165, 1.54) is 0 Å². The number of ether oxygens (including phenoxy) is 1. The van der Waals surface area contributed by atoms with Gasteiger partial charge in [-0.2, -0.15) is 4.72 Å². The fourth-order valence-corrected chi connectivity index (χ4v) is 3.93. The molecule has 1 aromatic heterocycles. The monoisotopic (exact) mass is 406 g/mol. The van der Waals surface area contributed by atoms with E-state index in [1.54, 1.807) is 12.1 Å². The molecule has 0 radical (unpaired) electrons. The molecule has 0 aliphatic rings. The molecule has 0 saturated carbocycles. The molecular weight excluding hydrogens is 384 g/mol. The van der Waals surface area contributed by atoms with Gasteiger partial charge in [-0.15, -0.1) is 6.58 Å². The van der Waals surface area contributed by atoms with Crippen molar-refractivity contribution in [1.29, 1.82) is 0 Å². The fraction of sp³-hybridized carbons (Fsp3) is 0.174. The Labute approximate surface area is 171 Å². The quantitative estimate of drug-likeness (QED) is 0.481. The first-order valence-electron chi connectivity index (χ1n) is 9.14. The van der Waals surface area contributed by atoms with Crippen LogP contribution in [0.15, 0.2) is 72.1 Å². The topological polar surface area (TPSA) is 68.3 Å². The van der Waals surface area contributed by atoms with E-state index in [0.29, 0.717) is 11.9 Å². The minimum atomic E-state index is -3.72. The molecule has 0 spiro atoms. The molecule has 0 bridgehead atoms. The largest absolute Gasteiger partial charge is 0.481 e. The highest BCUT2D eigenvalue weighted by Gasteiger charge is 2.17. The molecule has 0 atom stereocenters. The van der Waals surface area contributed by atoms with Crippen LogP contribution in [0, 0.1) is 18.8 Å². The molecule has 0 fully saturated rings. The second-order valence-electron chi connectivity index (χ2n) is 6.35. The molecule has 0 aliphatic carbocycles. The van der Waals surface area contributed by atoms with Gasteiger partial charge in [-0.3, -0.25) is 4.98 Å². The summed E-state index contributed by atoms with van der Waals surface area (Å²) in [7, 11) is -3.72. The van der Waals surface area contributed by atoms with E-state index in [9.17, 15) is 8.42 Å². The number of para-hydroxylation sites is 2. The third kappa shape index (κ3) is 5.23. The van der Waals surface area contributed by atoms with Crippen LogP contribution in [-0.2, 0) is 16.4 Å². The standard InChI is InChI=1S/C23H22N2O3S/c1-3-9-19-10-4-5-12-21(19)28-17-7-6-16-24-29(26,27)22-13-8-11-20-15-14-18(2)25-23(20)22/h3-5,8,10-15,24H,1,9,16-17H2,2H3. The zero-order valence-corrected chi connectivity index (χ0v) is 17.0. The van der Waals surface area contributed by atoms with E-state index in [0.717, 1.165) is 22.4 Å². The Balaban J connectivity index is 1.63. The van der Waals surface area contributed by atoms with Crippen LogP contribution in [-0.4, -0.2) is 26.6 Å². The minimum absolute atomic E-state index is 0.0117. The van der Waals surface area contributed by atoms with E-state index in [2.05, 4.69) is 28.1 Å². The highest BCUT2D eigenvalue weighted by Crippen LogP contribution is 2.21. The van der Waals surface area contributed by atoms with Crippen molar-refractivity contribution in [3.63, 3.8) is 0 Å². The van der Waals surface area contributed by atoms with Gasteiger partial charge in [0.25, 0.3) is 0 Å². The first kappa shape index (κ1) is 20.6. The number of hydrogen-bond donors (Lipinski definition) is 1. The molecule has 0 unspecified atom stereocenters. The zero-order valence-electron chi connectivity index (χ0n) is 16.2. The van der Waals surface area contributed by atoms with Crippen LogP contribution < -0.4 is 9.46 Å². The molecule has 3 rings (SSSR count). The second kappa shape index (κ2) is 9.37. The number of nitrogens with zero attached hydrogens (tertiary/aromatic N) is 1. The summed E-state index contributed by atoms with van der Waals surface area (Å²) >= 11 is 0. The highest BCUT2D eigenvalue weighted by atomic mass is 32.2.